The van der Waals surface area contributed by atoms with E-state index in [0.29, 0.717) is 12.0 Å². The van der Waals surface area contributed by atoms with Crippen molar-refractivity contribution in [3.05, 3.63) is 35.9 Å². The van der Waals surface area contributed by atoms with Gasteiger partial charge in [-0.1, -0.05) is 30.3 Å². The molecule has 8 heteroatoms. The van der Waals surface area contributed by atoms with Crippen LogP contribution in [0.15, 0.2) is 30.3 Å². The highest BCUT2D eigenvalue weighted by Crippen LogP contribution is 2.17. The molecule has 0 spiro atoms. The normalized spacial score (nSPS) is 20.5. The van der Waals surface area contributed by atoms with Gasteiger partial charge in [-0.25, -0.2) is 13.2 Å². The second-order valence-corrected chi connectivity index (χ2v) is 9.33. The molecule has 7 nitrogen and oxygen atoms in total. The molecule has 0 aliphatic carbocycles. The fraction of sp³-hybridized carbons (Fsp3) is 0.529. The summed E-state index contributed by atoms with van der Waals surface area (Å²) < 4.78 is 28.3. The Morgan fingerprint density at radius 3 is 2.36 bits per heavy atom. The fourth-order valence-electron chi connectivity index (χ4n) is 2.56. The van der Waals surface area contributed by atoms with E-state index in [1.807, 2.05) is 0 Å². The Bertz CT molecular complexity index is 725. The summed E-state index contributed by atoms with van der Waals surface area (Å²) in [5.41, 5.74) is -0.104. The first-order valence-electron chi connectivity index (χ1n) is 8.11. The molecule has 2 N–H and O–H groups in total. The number of carbonyl (C=O) groups is 2. The van der Waals surface area contributed by atoms with Crippen molar-refractivity contribution in [2.75, 3.05) is 11.5 Å². The molecule has 1 saturated heterocycles. The van der Waals surface area contributed by atoms with Gasteiger partial charge >= 0.3 is 6.09 Å². The average Bonchev–Trinajstić information content (AvgIpc) is 2.82. The van der Waals surface area contributed by atoms with Gasteiger partial charge in [-0.2, -0.15) is 0 Å². The van der Waals surface area contributed by atoms with Gasteiger partial charge in [0.05, 0.1) is 11.5 Å². The van der Waals surface area contributed by atoms with Crippen LogP contribution in [0.25, 0.3) is 0 Å². The second kappa shape index (κ2) is 7.43. The van der Waals surface area contributed by atoms with Crippen LogP contribution in [0.4, 0.5) is 4.79 Å². The molecule has 2 atom stereocenters. The molecule has 0 saturated carbocycles. The highest BCUT2D eigenvalue weighted by Gasteiger charge is 2.32. The van der Waals surface area contributed by atoms with Gasteiger partial charge in [0.2, 0.25) is 5.91 Å². The molecule has 25 heavy (non-hydrogen) atoms. The Labute approximate surface area is 148 Å². The second-order valence-electron chi connectivity index (χ2n) is 7.10. The van der Waals surface area contributed by atoms with E-state index < -0.39 is 39.5 Å². The van der Waals surface area contributed by atoms with Gasteiger partial charge in [-0.3, -0.25) is 4.79 Å². The standard InChI is InChI=1S/C17H24N2O5S/c1-17(2,3)24-16(21)19-14(12-7-5-4-6-8-12)15(20)18-13-9-10-25(22,23)11-13/h4-8,13-14H,9-11H2,1-3H3,(H,18,20)(H,19,21). The molecule has 2 rings (SSSR count). The van der Waals surface area contributed by atoms with Crippen molar-refractivity contribution in [2.24, 2.45) is 0 Å². The Kier molecular flexibility index (Phi) is 5.72. The maximum atomic E-state index is 12.6. The Hall–Kier alpha value is -2.09. The predicted molar refractivity (Wildman–Crippen MR) is 93.8 cm³/mol. The van der Waals surface area contributed by atoms with Gasteiger partial charge < -0.3 is 15.4 Å². The van der Waals surface area contributed by atoms with Crippen LogP contribution < -0.4 is 10.6 Å². The maximum absolute atomic E-state index is 12.6. The van der Waals surface area contributed by atoms with E-state index in [-0.39, 0.29) is 11.5 Å². The SMILES string of the molecule is CC(C)(C)OC(=O)NC(C(=O)NC1CCS(=O)(=O)C1)c1ccccc1. The van der Waals surface area contributed by atoms with Crippen molar-refractivity contribution in [3.8, 4) is 0 Å². The zero-order valence-electron chi connectivity index (χ0n) is 14.6. The fourth-order valence-corrected chi connectivity index (χ4v) is 4.24. The summed E-state index contributed by atoms with van der Waals surface area (Å²) in [6, 6.07) is 7.34. The highest BCUT2D eigenvalue weighted by atomic mass is 32.2. The van der Waals surface area contributed by atoms with E-state index >= 15 is 0 Å². The van der Waals surface area contributed by atoms with Gasteiger partial charge in [0.15, 0.2) is 9.84 Å². The molecule has 2 amide bonds. The number of amides is 2. The number of nitrogens with one attached hydrogen (secondary N) is 2. The lowest BCUT2D eigenvalue weighted by molar-refractivity contribution is -0.123. The minimum atomic E-state index is -3.11. The molecule has 0 bridgehead atoms. The van der Waals surface area contributed by atoms with E-state index in [4.69, 9.17) is 4.74 Å². The highest BCUT2D eigenvalue weighted by molar-refractivity contribution is 7.91. The van der Waals surface area contributed by atoms with Crippen LogP contribution >= 0.6 is 0 Å². The van der Waals surface area contributed by atoms with Crippen LogP contribution in [0.1, 0.15) is 38.8 Å². The Morgan fingerprint density at radius 1 is 1.20 bits per heavy atom. The first-order chi connectivity index (χ1) is 11.6. The third-order valence-electron chi connectivity index (χ3n) is 3.63. The van der Waals surface area contributed by atoms with Gasteiger partial charge in [0.1, 0.15) is 11.6 Å². The third kappa shape index (κ3) is 6.04. The molecule has 1 aliphatic heterocycles. The first-order valence-corrected chi connectivity index (χ1v) is 9.93. The van der Waals surface area contributed by atoms with Crippen molar-refractivity contribution in [1.29, 1.82) is 0 Å². The number of rotatable bonds is 4. The number of benzene rings is 1. The summed E-state index contributed by atoms with van der Waals surface area (Å²) in [4.78, 5) is 24.7. The van der Waals surface area contributed by atoms with Crippen molar-refractivity contribution < 1.29 is 22.7 Å². The van der Waals surface area contributed by atoms with E-state index in [1.165, 1.54) is 0 Å². The number of carbonyl (C=O) groups excluding carboxylic acids is 2. The van der Waals surface area contributed by atoms with Crippen molar-refractivity contribution in [2.45, 2.75) is 44.9 Å². The number of alkyl carbamates (subject to hydrolysis) is 1. The minimum absolute atomic E-state index is 0.0629. The number of hydrogen-bond acceptors (Lipinski definition) is 5. The molecule has 1 fully saturated rings. The maximum Gasteiger partial charge on any atom is 0.408 e. The van der Waals surface area contributed by atoms with Crippen LogP contribution in [0.2, 0.25) is 0 Å². The summed E-state index contributed by atoms with van der Waals surface area (Å²) in [5.74, 6) is -0.473. The predicted octanol–water partition coefficient (Wildman–Crippen LogP) is 1.56. The van der Waals surface area contributed by atoms with Gasteiger partial charge in [0, 0.05) is 6.04 Å². The van der Waals surface area contributed by atoms with Gasteiger partial charge in [-0.15, -0.1) is 0 Å². The molecule has 1 aliphatic rings. The Morgan fingerprint density at radius 2 is 1.84 bits per heavy atom. The largest absolute Gasteiger partial charge is 0.444 e. The number of sulfone groups is 1. The summed E-state index contributed by atoms with van der Waals surface area (Å²) in [7, 11) is -3.11. The lowest BCUT2D eigenvalue weighted by Crippen LogP contribution is -2.46. The molecular weight excluding hydrogens is 344 g/mol. The minimum Gasteiger partial charge on any atom is -0.444 e. The summed E-state index contributed by atoms with van der Waals surface area (Å²) in [6.45, 7) is 5.19. The zero-order valence-corrected chi connectivity index (χ0v) is 15.4. The van der Waals surface area contributed by atoms with Gasteiger partial charge in [0.25, 0.3) is 0 Å². The molecule has 138 valence electrons. The Balaban J connectivity index is 2.11. The van der Waals surface area contributed by atoms with Crippen LogP contribution in [0.3, 0.4) is 0 Å². The number of ether oxygens (including phenoxy) is 1. The van der Waals surface area contributed by atoms with E-state index in [9.17, 15) is 18.0 Å². The summed E-state index contributed by atoms with van der Waals surface area (Å²) in [5, 5.41) is 5.27. The van der Waals surface area contributed by atoms with Crippen LogP contribution in [-0.4, -0.2) is 43.6 Å². The zero-order chi connectivity index (χ0) is 18.7. The van der Waals surface area contributed by atoms with Crippen molar-refractivity contribution in [1.82, 2.24) is 10.6 Å². The third-order valence-corrected chi connectivity index (χ3v) is 5.40. The van der Waals surface area contributed by atoms with E-state index in [1.54, 1.807) is 51.1 Å². The van der Waals surface area contributed by atoms with Gasteiger partial charge in [-0.05, 0) is 32.8 Å². The van der Waals surface area contributed by atoms with Crippen LogP contribution in [-0.2, 0) is 19.4 Å². The van der Waals surface area contributed by atoms with E-state index in [0.717, 1.165) is 0 Å². The van der Waals surface area contributed by atoms with Crippen LogP contribution in [0.5, 0.6) is 0 Å². The summed E-state index contributed by atoms with van der Waals surface area (Å²) in [6.07, 6.45) is -0.335. The topological polar surface area (TPSA) is 102 Å². The molecule has 1 aromatic carbocycles. The van der Waals surface area contributed by atoms with Crippen LogP contribution in [0, 0.1) is 0 Å². The smallest absolute Gasteiger partial charge is 0.408 e. The van der Waals surface area contributed by atoms with Crippen molar-refractivity contribution >= 4 is 21.8 Å². The summed E-state index contributed by atoms with van der Waals surface area (Å²) >= 11 is 0. The quantitative estimate of drug-likeness (QED) is 0.840. The average molecular weight is 368 g/mol. The van der Waals surface area contributed by atoms with Crippen molar-refractivity contribution in [3.63, 3.8) is 0 Å². The van der Waals surface area contributed by atoms with E-state index in [2.05, 4.69) is 10.6 Å². The molecule has 0 radical (unpaired) electrons. The lowest BCUT2D eigenvalue weighted by atomic mass is 10.1. The molecule has 1 aromatic rings. The molecule has 0 aromatic heterocycles. The molecule has 1 heterocycles. The monoisotopic (exact) mass is 368 g/mol. The first kappa shape index (κ1) is 19.2. The molecular formula is C17H24N2O5S. The lowest BCUT2D eigenvalue weighted by Gasteiger charge is -2.24. The molecule has 2 unspecified atom stereocenters. The number of hydrogen-bond donors (Lipinski definition) is 2.